The van der Waals surface area contributed by atoms with E-state index in [-0.39, 0.29) is 12.5 Å². The van der Waals surface area contributed by atoms with Gasteiger partial charge in [-0.1, -0.05) is 37.8 Å². The fourth-order valence-corrected chi connectivity index (χ4v) is 5.04. The highest BCUT2D eigenvalue weighted by molar-refractivity contribution is 5.88. The molecule has 11 nitrogen and oxygen atoms in total. The van der Waals surface area contributed by atoms with E-state index >= 15 is 0 Å². The second-order valence-electron chi connectivity index (χ2n) is 11.6. The number of ether oxygens (including phenoxy) is 2. The van der Waals surface area contributed by atoms with Crippen molar-refractivity contribution in [3.8, 4) is 0 Å². The third-order valence-electron chi connectivity index (χ3n) is 8.17. The Bertz CT molecular complexity index is 1010. The van der Waals surface area contributed by atoms with Crippen LogP contribution in [0, 0.1) is 11.8 Å². The molecule has 1 aromatic carbocycles. The van der Waals surface area contributed by atoms with E-state index in [0.717, 1.165) is 43.6 Å². The fourth-order valence-electron chi connectivity index (χ4n) is 5.04. The highest BCUT2D eigenvalue weighted by Gasteiger charge is 2.38. The number of hydrogen-bond acceptors (Lipinski definition) is 9. The normalized spacial score (nSPS) is 20.1. The quantitative estimate of drug-likeness (QED) is 0.162. The first-order valence-electron chi connectivity index (χ1n) is 14.8. The van der Waals surface area contributed by atoms with Gasteiger partial charge in [-0.2, -0.15) is 0 Å². The number of aliphatic carboxylic acids is 1. The number of morpholine rings is 1. The van der Waals surface area contributed by atoms with Crippen molar-refractivity contribution < 1.29 is 38.7 Å². The molecule has 3 aliphatic rings. The van der Waals surface area contributed by atoms with Crippen molar-refractivity contribution in [1.29, 1.82) is 0 Å². The summed E-state index contributed by atoms with van der Waals surface area (Å²) in [6.45, 7) is 4.64. The van der Waals surface area contributed by atoms with Crippen molar-refractivity contribution in [3.05, 3.63) is 29.8 Å². The van der Waals surface area contributed by atoms with E-state index in [1.807, 2.05) is 31.3 Å². The van der Waals surface area contributed by atoms with Gasteiger partial charge in [-0.15, -0.1) is 0 Å². The van der Waals surface area contributed by atoms with Crippen molar-refractivity contribution in [2.75, 3.05) is 51.9 Å². The second kappa shape index (κ2) is 14.9. The van der Waals surface area contributed by atoms with Crippen molar-refractivity contribution in [3.63, 3.8) is 0 Å². The lowest BCUT2D eigenvalue weighted by Gasteiger charge is -2.30. The Hall–Kier alpha value is -2.73. The van der Waals surface area contributed by atoms with Crippen molar-refractivity contribution in [2.24, 2.45) is 11.8 Å². The smallest absolute Gasteiger partial charge is 0.344 e. The molecular formula is C30H45N3O8. The van der Waals surface area contributed by atoms with Gasteiger partial charge in [0.15, 0.2) is 12.2 Å². The van der Waals surface area contributed by atoms with Gasteiger partial charge in [0, 0.05) is 38.3 Å². The first-order valence-corrected chi connectivity index (χ1v) is 14.8. The second-order valence-corrected chi connectivity index (χ2v) is 11.6. The van der Waals surface area contributed by atoms with Gasteiger partial charge < -0.3 is 29.7 Å². The van der Waals surface area contributed by atoms with E-state index in [1.54, 1.807) is 7.05 Å². The molecule has 2 saturated carbocycles. The number of likely N-dealkylation sites (N-methyl/N-ethyl adjacent to an activating group) is 2. The number of rotatable bonds is 17. The lowest BCUT2D eigenvalue weighted by atomic mass is 10.0. The van der Waals surface area contributed by atoms with Gasteiger partial charge >= 0.3 is 11.9 Å². The Labute approximate surface area is 242 Å². The van der Waals surface area contributed by atoms with Gasteiger partial charge in [0.1, 0.15) is 6.04 Å². The molecule has 4 rings (SSSR count). The van der Waals surface area contributed by atoms with Crippen LogP contribution >= 0.6 is 0 Å². The predicted molar refractivity (Wildman–Crippen MR) is 151 cm³/mol. The van der Waals surface area contributed by atoms with Gasteiger partial charge in [0.2, 0.25) is 0 Å². The van der Waals surface area contributed by atoms with Crippen molar-refractivity contribution >= 4 is 23.5 Å². The number of carboxylic acids is 1. The molecule has 41 heavy (non-hydrogen) atoms. The average molecular weight is 576 g/mol. The predicted octanol–water partition coefficient (Wildman–Crippen LogP) is 2.41. The number of amides is 1. The van der Waals surface area contributed by atoms with Crippen molar-refractivity contribution in [2.45, 2.75) is 76.2 Å². The summed E-state index contributed by atoms with van der Waals surface area (Å²) in [7, 11) is 3.43. The standard InChI is InChI=1S/C30H45N3O8/c1-20(29(35)36)40-30(37)26(17-22-6-7-22)32(3)28(34)27(41-39-19-24(31-2)16-21-4-5-21)18-23-8-10-25(11-9-23)33-12-14-38-15-13-33/h8-11,20-22,24,26-27,31H,4-7,12-19H2,1-3H3,(H,35,36)/t20-,24+,26+,27-/m1/s1. The van der Waals surface area contributed by atoms with E-state index in [2.05, 4.69) is 10.2 Å². The molecule has 3 fully saturated rings. The lowest BCUT2D eigenvalue weighted by Crippen LogP contribution is -2.50. The maximum Gasteiger partial charge on any atom is 0.344 e. The highest BCUT2D eigenvalue weighted by Crippen LogP contribution is 2.35. The summed E-state index contributed by atoms with van der Waals surface area (Å²) in [6, 6.07) is 7.20. The minimum atomic E-state index is -1.31. The van der Waals surface area contributed by atoms with E-state index in [1.165, 1.54) is 24.7 Å². The number of anilines is 1. The molecule has 0 unspecified atom stereocenters. The molecule has 0 aromatic heterocycles. The van der Waals surface area contributed by atoms with Crippen LogP contribution in [0.1, 0.15) is 51.0 Å². The Morgan fingerprint density at radius 2 is 1.71 bits per heavy atom. The molecule has 2 N–H and O–H groups in total. The average Bonchev–Trinajstić information content (AvgIpc) is 3.91. The number of benzene rings is 1. The highest BCUT2D eigenvalue weighted by atomic mass is 17.2. The molecule has 228 valence electrons. The first kappa shape index (κ1) is 31.2. The largest absolute Gasteiger partial charge is 0.479 e. The summed E-state index contributed by atoms with van der Waals surface area (Å²) in [5.74, 6) is -1.39. The van der Waals surface area contributed by atoms with E-state index < -0.39 is 36.1 Å². The van der Waals surface area contributed by atoms with Crippen molar-refractivity contribution in [1.82, 2.24) is 10.2 Å². The molecule has 11 heteroatoms. The van der Waals surface area contributed by atoms with E-state index in [4.69, 9.17) is 19.2 Å². The molecule has 0 radical (unpaired) electrons. The number of hydrogen-bond donors (Lipinski definition) is 2. The number of carbonyl (C=O) groups excluding carboxylic acids is 2. The Balaban J connectivity index is 1.45. The molecule has 1 amide bonds. The molecule has 2 aliphatic carbocycles. The van der Waals surface area contributed by atoms with Gasteiger partial charge in [0.25, 0.3) is 5.91 Å². The zero-order valence-corrected chi connectivity index (χ0v) is 24.5. The Morgan fingerprint density at radius 3 is 2.29 bits per heavy atom. The van der Waals surface area contributed by atoms with Crippen LogP contribution in [-0.2, 0) is 40.1 Å². The summed E-state index contributed by atoms with van der Waals surface area (Å²) in [5, 5.41) is 12.5. The fraction of sp³-hybridized carbons (Fsp3) is 0.700. The first-order chi connectivity index (χ1) is 19.7. The monoisotopic (exact) mass is 575 g/mol. The van der Waals surface area contributed by atoms with E-state index in [9.17, 15) is 19.5 Å². The minimum absolute atomic E-state index is 0.110. The molecule has 1 aliphatic heterocycles. The lowest BCUT2D eigenvalue weighted by molar-refractivity contribution is -0.321. The summed E-state index contributed by atoms with van der Waals surface area (Å²) >= 11 is 0. The minimum Gasteiger partial charge on any atom is -0.479 e. The van der Waals surface area contributed by atoms with Crippen LogP contribution in [0.25, 0.3) is 0 Å². The molecular weight excluding hydrogens is 530 g/mol. The number of nitrogens with zero attached hydrogens (tertiary/aromatic N) is 2. The van der Waals surface area contributed by atoms with Crippen LogP contribution in [0.4, 0.5) is 5.69 Å². The van der Waals surface area contributed by atoms with Crippen LogP contribution in [0.5, 0.6) is 0 Å². The number of esters is 1. The molecule has 4 atom stereocenters. The van der Waals surface area contributed by atoms with E-state index in [0.29, 0.717) is 38.1 Å². The number of carboxylic acid groups (broad SMARTS) is 1. The Kier molecular flexibility index (Phi) is 11.4. The third-order valence-corrected chi connectivity index (χ3v) is 8.17. The molecule has 0 bridgehead atoms. The van der Waals surface area contributed by atoms with Gasteiger partial charge in [-0.25, -0.2) is 19.4 Å². The SMILES string of the molecule is CN[C@H](COO[C@H](Cc1ccc(N2CCOCC2)cc1)C(=O)N(C)[C@@H](CC1CC1)C(=O)O[C@H](C)C(=O)O)CC1CC1. The summed E-state index contributed by atoms with van der Waals surface area (Å²) in [5.41, 5.74) is 1.98. The zero-order valence-electron chi connectivity index (χ0n) is 24.5. The topological polar surface area (TPSA) is 127 Å². The third kappa shape index (κ3) is 9.66. The molecule has 1 heterocycles. The van der Waals surface area contributed by atoms with Gasteiger partial charge in [0.05, 0.1) is 19.8 Å². The Morgan fingerprint density at radius 1 is 1.07 bits per heavy atom. The van der Waals surface area contributed by atoms with Gasteiger partial charge in [-0.05, 0) is 56.3 Å². The van der Waals surface area contributed by atoms with Crippen LogP contribution in [0.15, 0.2) is 24.3 Å². The van der Waals surface area contributed by atoms with Crippen LogP contribution in [-0.4, -0.2) is 99.1 Å². The van der Waals surface area contributed by atoms with Crippen LogP contribution in [0.2, 0.25) is 0 Å². The molecule has 1 saturated heterocycles. The summed E-state index contributed by atoms with van der Waals surface area (Å²) < 4.78 is 10.6. The van der Waals surface area contributed by atoms with Crippen LogP contribution < -0.4 is 10.2 Å². The maximum atomic E-state index is 13.8. The summed E-state index contributed by atoms with van der Waals surface area (Å²) in [6.07, 6.45) is 3.72. The molecule has 0 spiro atoms. The summed E-state index contributed by atoms with van der Waals surface area (Å²) in [4.78, 5) is 53.1. The number of carbonyl (C=O) groups is 3. The van der Waals surface area contributed by atoms with Gasteiger partial charge in [-0.3, -0.25) is 4.79 Å². The van der Waals surface area contributed by atoms with Crippen LogP contribution in [0.3, 0.4) is 0 Å². The zero-order chi connectivity index (χ0) is 29.4. The maximum absolute atomic E-state index is 13.8. The number of nitrogens with one attached hydrogen (secondary N) is 1. The molecule has 1 aromatic rings.